The third kappa shape index (κ3) is 19.1. The Bertz CT molecular complexity index is 3080. The van der Waals surface area contributed by atoms with Crippen LogP contribution in [0.3, 0.4) is 0 Å². The summed E-state index contributed by atoms with van der Waals surface area (Å²) in [6.07, 6.45) is -7.21. The van der Waals surface area contributed by atoms with Crippen molar-refractivity contribution in [2.24, 2.45) is 5.92 Å². The number of aromatic hydroxyl groups is 2. The van der Waals surface area contributed by atoms with Crippen molar-refractivity contribution in [3.63, 3.8) is 0 Å². The molecule has 4 aromatic rings. The molecule has 29 nitrogen and oxygen atoms in total. The topological polar surface area (TPSA) is 445 Å². The molecule has 7 rings (SSSR count). The number of unbranched alkanes of at least 4 members (excludes halogenated alkanes) is 4. The minimum Gasteiger partial charge on any atom is -0.504 e. The number of hydrogen-bond donors (Lipinski definition) is 16. The maximum Gasteiger partial charge on any atom is 0.251 e. The molecule has 0 aliphatic carbocycles. The number of nitrogens with one attached hydrogen (secondary N) is 6. The molecule has 0 radical (unpaired) electrons. The number of β-amino-alcohol motifs (C(OH)–C–C–N with tert-alkyl or cyclic N) is 1. The maximum absolute atomic E-state index is 14.9. The predicted molar refractivity (Wildman–Crippen MR) is 326 cm³/mol. The molecule has 4 heterocycles. The lowest BCUT2D eigenvalue weighted by Crippen LogP contribution is -2.64. The molecule has 0 spiro atoms. The number of nitrogens with zero attached hydrogens (tertiary/aromatic N) is 4. The van der Waals surface area contributed by atoms with Gasteiger partial charge in [-0.3, -0.25) is 33.6 Å². The number of hydrogen-bond acceptors (Lipinski definition) is 23. The highest BCUT2D eigenvalue weighted by molar-refractivity contribution is 7.17. The molecule has 3 aliphatic heterocycles. The summed E-state index contributed by atoms with van der Waals surface area (Å²) in [6.45, 7) is 1.13. The molecule has 0 saturated carbocycles. The van der Waals surface area contributed by atoms with E-state index in [0.29, 0.717) is 22.2 Å². The van der Waals surface area contributed by atoms with E-state index < -0.39 is 183 Å². The number of aromatic nitrogens is 2. The van der Waals surface area contributed by atoms with E-state index in [-0.39, 0.29) is 30.6 Å². The first-order chi connectivity index (χ1) is 43.5. The molecule has 3 aliphatic rings. The van der Waals surface area contributed by atoms with Gasteiger partial charge in [0.1, 0.15) is 52.0 Å². The summed E-state index contributed by atoms with van der Waals surface area (Å²) in [6, 6.07) is 4.82. The molecule has 7 amide bonds. The van der Waals surface area contributed by atoms with Gasteiger partial charge in [0.2, 0.25) is 35.4 Å². The molecule has 30 heteroatoms. The summed E-state index contributed by atoms with van der Waals surface area (Å²) in [5.74, 6) is -9.13. The second-order valence-electron chi connectivity index (χ2n) is 23.2. The van der Waals surface area contributed by atoms with E-state index in [0.717, 1.165) is 78.9 Å². The van der Waals surface area contributed by atoms with Gasteiger partial charge in [-0.05, 0) is 86.8 Å². The van der Waals surface area contributed by atoms with Crippen LogP contribution in [0.5, 0.6) is 17.2 Å². The number of phenolic OH excluding ortho intramolecular Hbond substituents is 2. The Balaban J connectivity index is 1.15. The highest BCUT2D eigenvalue weighted by Gasteiger charge is 2.50. The summed E-state index contributed by atoms with van der Waals surface area (Å²) < 4.78 is 11.0. The van der Waals surface area contributed by atoms with Crippen molar-refractivity contribution in [1.82, 2.24) is 51.9 Å². The van der Waals surface area contributed by atoms with Crippen molar-refractivity contribution in [1.29, 1.82) is 0 Å². The molecule has 0 bridgehead atoms. The number of fused-ring (bicyclic) bond motifs is 2. The molecule has 13 atom stereocenters. The lowest BCUT2D eigenvalue weighted by atomic mass is 9.98. The number of rotatable bonds is 24. The maximum atomic E-state index is 14.9. The molecule has 3 aromatic carbocycles. The van der Waals surface area contributed by atoms with Crippen molar-refractivity contribution in [3.8, 4) is 38.4 Å². The van der Waals surface area contributed by atoms with Gasteiger partial charge < -0.3 is 102 Å². The Morgan fingerprint density at radius 1 is 0.703 bits per heavy atom. The van der Waals surface area contributed by atoms with Crippen LogP contribution in [0.4, 0.5) is 0 Å². The minimum atomic E-state index is -2.12. The van der Waals surface area contributed by atoms with Gasteiger partial charge >= 0.3 is 0 Å². The number of aliphatic hydroxyl groups excluding tert-OH is 8. The third-order valence-corrected chi connectivity index (χ3v) is 17.2. The van der Waals surface area contributed by atoms with Crippen LogP contribution in [-0.4, -0.2) is 251 Å². The first-order valence-electron chi connectivity index (χ1n) is 30.3. The standard InChI is InChI=1S/C61H84N10O19S/c1-32-28-71-51(52(32)81)57(86)63-27-39(75)25-42(64-53(82)35-10-12-36(13-11-35)58-68-69-59(91-58)37-14-16-41(17-15-37)90-22-8-6-4-5-7-21-89-3)54(83)65-48(33(2)74)60(87)70-29-40(76)26-43(70)55(84)66-49(47(80)24-34-9-18-44(77)46(79)23-34)56(85)67-50(61(71)88)45(78)19-20-62-38(30-72)31-73/h9-18,23,32-33,38-40,42-43,45,47-52,62,72-81H,4-8,19-22,24-31H2,1-3H3,(H,63,86)(H,64,82)(H,65,83)(H,66,84)(H,67,85)/t32-,33+,39+,40+,42?,43-,45+,47+,48-,49-,50-,51-,52-/m0/s1. The normalized spacial score (nSPS) is 24.9. The highest BCUT2D eigenvalue weighted by Crippen LogP contribution is 2.32. The van der Waals surface area contributed by atoms with E-state index in [9.17, 15) is 84.6 Å². The largest absolute Gasteiger partial charge is 0.504 e. The van der Waals surface area contributed by atoms with E-state index in [2.05, 4.69) is 42.1 Å². The second kappa shape index (κ2) is 33.7. The summed E-state index contributed by atoms with van der Waals surface area (Å²) >= 11 is 1.30. The number of amides is 7. The van der Waals surface area contributed by atoms with Gasteiger partial charge in [-0.25, -0.2) is 0 Å². The fourth-order valence-corrected chi connectivity index (χ4v) is 11.8. The van der Waals surface area contributed by atoms with Gasteiger partial charge in [0.05, 0.1) is 62.5 Å². The van der Waals surface area contributed by atoms with Crippen molar-refractivity contribution in [3.05, 3.63) is 77.9 Å². The summed E-state index contributed by atoms with van der Waals surface area (Å²) in [7, 11) is 1.70. The Labute approximate surface area is 529 Å². The summed E-state index contributed by atoms with van der Waals surface area (Å²) in [5, 5.41) is 133. The first kappa shape index (κ1) is 71.0. The second-order valence-corrected chi connectivity index (χ2v) is 24.2. The molecule has 1 aromatic heterocycles. The monoisotopic (exact) mass is 1290 g/mol. The molecular formula is C61H84N10O19S. The van der Waals surface area contributed by atoms with Gasteiger partial charge in [0.25, 0.3) is 5.91 Å². The smallest absolute Gasteiger partial charge is 0.251 e. The average Bonchev–Trinajstić information content (AvgIpc) is 1.76. The van der Waals surface area contributed by atoms with E-state index in [1.54, 1.807) is 19.2 Å². The van der Waals surface area contributed by atoms with E-state index in [1.165, 1.54) is 36.5 Å². The van der Waals surface area contributed by atoms with Crippen LogP contribution < -0.4 is 36.6 Å². The minimum absolute atomic E-state index is 0.0158. The fourth-order valence-electron chi connectivity index (χ4n) is 11.0. The Morgan fingerprint density at radius 2 is 1.32 bits per heavy atom. The lowest BCUT2D eigenvalue weighted by molar-refractivity contribution is -0.147. The van der Waals surface area contributed by atoms with Crippen LogP contribution in [0.2, 0.25) is 0 Å². The number of phenols is 2. The SMILES string of the molecule is COCCCCCCCOc1ccc(-c2nnc(-c3ccc(C(=O)NC4C[C@@H](O)CNC(=O)[C@@H]5[C@@H](O)[C@@H](C)CN5C(=O)[C@H]([C@H](O)CCNC(CO)CO)NC(=O)[C@H]([C@H](O)Cc5ccc(O)c(O)c5)NC(=O)[C@@H]5C[C@@H](O)CN5C(=O)[C@H]([C@@H](C)O)NC4=O)cc3)s2)cc1. The zero-order valence-electron chi connectivity index (χ0n) is 50.8. The highest BCUT2D eigenvalue weighted by atomic mass is 32.1. The quantitative estimate of drug-likeness (QED) is 0.0256. The van der Waals surface area contributed by atoms with Crippen LogP contribution in [-0.2, 0) is 39.9 Å². The summed E-state index contributed by atoms with van der Waals surface area (Å²) in [5.41, 5.74) is 1.51. The van der Waals surface area contributed by atoms with Crippen molar-refractivity contribution < 1.29 is 94.1 Å². The number of carbonyl (C=O) groups excluding carboxylic acids is 7. The molecule has 3 fully saturated rings. The number of carbonyl (C=O) groups is 7. The third-order valence-electron chi connectivity index (χ3n) is 16.2. The van der Waals surface area contributed by atoms with Crippen LogP contribution >= 0.6 is 11.3 Å². The molecular weight excluding hydrogens is 1210 g/mol. The van der Waals surface area contributed by atoms with Crippen LogP contribution in [0.15, 0.2) is 66.7 Å². The fraction of sp³-hybridized carbons (Fsp3) is 0.557. The van der Waals surface area contributed by atoms with Gasteiger partial charge in [0, 0.05) is 75.2 Å². The van der Waals surface area contributed by atoms with Crippen molar-refractivity contribution in [2.75, 3.05) is 59.7 Å². The number of methoxy groups -OCH3 is 1. The van der Waals surface area contributed by atoms with E-state index in [1.807, 2.05) is 24.3 Å². The van der Waals surface area contributed by atoms with Crippen molar-refractivity contribution >= 4 is 52.7 Å². The summed E-state index contributed by atoms with van der Waals surface area (Å²) in [4.78, 5) is 103. The van der Waals surface area contributed by atoms with Crippen LogP contribution in [0, 0.1) is 5.92 Å². The van der Waals surface area contributed by atoms with E-state index >= 15 is 0 Å². The molecule has 16 N–H and O–H groups in total. The van der Waals surface area contributed by atoms with Gasteiger partial charge in [-0.2, -0.15) is 0 Å². The molecule has 91 heavy (non-hydrogen) atoms. The predicted octanol–water partition coefficient (Wildman–Crippen LogP) is -2.46. The Kier molecular flexibility index (Phi) is 26.3. The molecule has 498 valence electrons. The van der Waals surface area contributed by atoms with Crippen LogP contribution in [0.25, 0.3) is 21.1 Å². The van der Waals surface area contributed by atoms with E-state index in [4.69, 9.17) is 9.47 Å². The molecule has 3 saturated heterocycles. The lowest BCUT2D eigenvalue weighted by Gasteiger charge is -2.34. The van der Waals surface area contributed by atoms with Crippen LogP contribution in [0.1, 0.15) is 81.1 Å². The first-order valence-corrected chi connectivity index (χ1v) is 31.1. The number of ether oxygens (including phenoxy) is 2. The Morgan fingerprint density at radius 3 is 1.96 bits per heavy atom. The average molecular weight is 1290 g/mol. The number of aliphatic hydroxyl groups is 8. The zero-order chi connectivity index (χ0) is 66.1. The molecule has 1 unspecified atom stereocenters. The van der Waals surface area contributed by atoms with Crippen molar-refractivity contribution in [2.45, 2.75) is 151 Å². The Hall–Kier alpha value is -7.49. The van der Waals surface area contributed by atoms with Gasteiger partial charge in [-0.15, -0.1) is 10.2 Å². The zero-order valence-corrected chi connectivity index (χ0v) is 51.6. The van der Waals surface area contributed by atoms with Gasteiger partial charge in [-0.1, -0.05) is 55.7 Å². The number of benzene rings is 3. The van der Waals surface area contributed by atoms with Gasteiger partial charge in [0.15, 0.2) is 11.5 Å².